The number of rotatable bonds is 5. The molecule has 5 nitrogen and oxygen atoms in total. The van der Waals surface area contributed by atoms with Crippen molar-refractivity contribution in [1.82, 2.24) is 4.31 Å². The molecule has 0 amide bonds. The minimum Gasteiger partial charge on any atom is -0.494 e. The van der Waals surface area contributed by atoms with Gasteiger partial charge in [0.25, 0.3) is 0 Å². The number of ether oxygens (including phenoxy) is 2. The molecule has 134 valence electrons. The Morgan fingerprint density at radius 2 is 1.96 bits per heavy atom. The highest BCUT2D eigenvalue weighted by Gasteiger charge is 2.27. The molecule has 2 aromatic rings. The molecule has 2 aromatic carbocycles. The summed E-state index contributed by atoms with van der Waals surface area (Å²) in [7, 11) is -1.00. The lowest BCUT2D eigenvalue weighted by molar-refractivity contribution is 0.0202. The average Bonchev–Trinajstić information content (AvgIpc) is 2.61. The number of hydrogen-bond donors (Lipinski definition) is 0. The van der Waals surface area contributed by atoms with Crippen molar-refractivity contribution in [3.05, 3.63) is 59.4 Å². The Balaban J connectivity index is 1.74. The molecule has 1 aliphatic rings. The molecule has 3 rings (SSSR count). The first-order chi connectivity index (χ1) is 11.9. The molecule has 0 saturated carbocycles. The summed E-state index contributed by atoms with van der Waals surface area (Å²) in [6, 6.07) is 11.6. The summed E-state index contributed by atoms with van der Waals surface area (Å²) >= 11 is 0. The lowest BCUT2D eigenvalue weighted by atomic mass is 9.99. The van der Waals surface area contributed by atoms with Gasteiger partial charge >= 0.3 is 0 Å². The van der Waals surface area contributed by atoms with Crippen molar-refractivity contribution in [2.75, 3.05) is 20.7 Å². The van der Waals surface area contributed by atoms with Crippen molar-refractivity contribution in [1.29, 1.82) is 0 Å². The summed E-state index contributed by atoms with van der Waals surface area (Å²) in [5.74, 6) is -0.700. The molecular formula is C18H20FNO4S. The first-order valence-electron chi connectivity index (χ1n) is 7.90. The van der Waals surface area contributed by atoms with E-state index in [9.17, 15) is 12.8 Å². The van der Waals surface area contributed by atoms with E-state index in [0.29, 0.717) is 13.0 Å². The van der Waals surface area contributed by atoms with Gasteiger partial charge in [-0.15, -0.1) is 0 Å². The number of fused-ring (bicyclic) bond motifs is 1. The number of benzene rings is 2. The van der Waals surface area contributed by atoms with Crippen LogP contribution in [0.25, 0.3) is 0 Å². The van der Waals surface area contributed by atoms with Crippen LogP contribution in [0.5, 0.6) is 5.75 Å². The summed E-state index contributed by atoms with van der Waals surface area (Å²) < 4.78 is 51.0. The topological polar surface area (TPSA) is 55.8 Å². The van der Waals surface area contributed by atoms with Crippen LogP contribution in [0.2, 0.25) is 0 Å². The highest BCUT2D eigenvalue weighted by Crippen LogP contribution is 2.25. The van der Waals surface area contributed by atoms with Gasteiger partial charge in [-0.1, -0.05) is 24.3 Å². The Bertz CT molecular complexity index is 869. The molecule has 1 heterocycles. The van der Waals surface area contributed by atoms with Gasteiger partial charge in [-0.25, -0.2) is 12.8 Å². The predicted molar refractivity (Wildman–Crippen MR) is 91.5 cm³/mol. The molecule has 0 fully saturated rings. The number of likely N-dealkylation sites (N-methyl/N-ethyl adjacent to an activating group) is 1. The van der Waals surface area contributed by atoms with Gasteiger partial charge in [-0.2, -0.15) is 4.31 Å². The van der Waals surface area contributed by atoms with Crippen LogP contribution in [0, 0.1) is 5.82 Å². The Labute approximate surface area is 147 Å². The molecule has 7 heteroatoms. The Morgan fingerprint density at radius 1 is 1.24 bits per heavy atom. The summed E-state index contributed by atoms with van der Waals surface area (Å²) in [6.07, 6.45) is 0.408. The lowest BCUT2D eigenvalue weighted by Gasteiger charge is -2.28. The molecule has 0 aromatic heterocycles. The lowest BCUT2D eigenvalue weighted by Crippen LogP contribution is -2.38. The third-order valence-corrected chi connectivity index (χ3v) is 6.15. The number of sulfonamides is 1. The maximum Gasteiger partial charge on any atom is 0.243 e. The molecule has 0 bridgehead atoms. The maximum absolute atomic E-state index is 13.8. The molecular weight excluding hydrogens is 345 g/mol. The van der Waals surface area contributed by atoms with Crippen LogP contribution < -0.4 is 4.74 Å². The van der Waals surface area contributed by atoms with Crippen LogP contribution in [-0.4, -0.2) is 39.5 Å². The molecule has 0 aliphatic carbocycles. The minimum atomic E-state index is -3.81. The fourth-order valence-electron chi connectivity index (χ4n) is 2.90. The molecule has 1 unspecified atom stereocenters. The van der Waals surface area contributed by atoms with E-state index in [1.165, 1.54) is 36.2 Å². The molecule has 0 radical (unpaired) electrons. The quantitative estimate of drug-likeness (QED) is 0.817. The molecule has 0 saturated heterocycles. The number of nitrogens with zero attached hydrogens (tertiary/aromatic N) is 1. The summed E-state index contributed by atoms with van der Waals surface area (Å²) in [5.41, 5.74) is 2.29. The fourth-order valence-corrected chi connectivity index (χ4v) is 4.11. The third-order valence-electron chi connectivity index (χ3n) is 4.33. The van der Waals surface area contributed by atoms with Gasteiger partial charge in [0, 0.05) is 20.0 Å². The van der Waals surface area contributed by atoms with Gasteiger partial charge in [-0.05, 0) is 29.3 Å². The van der Waals surface area contributed by atoms with Gasteiger partial charge in [-0.3, -0.25) is 0 Å². The fraction of sp³-hybridized carbons (Fsp3) is 0.333. The van der Waals surface area contributed by atoms with E-state index in [1.54, 1.807) is 0 Å². The standard InChI is InChI=1S/C18H20FNO4S/c1-20(11-15-9-13-5-3-4-6-14(13)12-24-15)25(21,22)16-7-8-18(23-2)17(19)10-16/h3-8,10,15H,9,11-12H2,1-2H3. The van der Waals surface area contributed by atoms with Gasteiger partial charge in [0.15, 0.2) is 11.6 Å². The zero-order valence-corrected chi connectivity index (χ0v) is 14.9. The zero-order chi connectivity index (χ0) is 18.0. The summed E-state index contributed by atoms with van der Waals surface area (Å²) in [6.45, 7) is 0.663. The van der Waals surface area contributed by atoms with Gasteiger partial charge in [0.05, 0.1) is 24.7 Å². The van der Waals surface area contributed by atoms with Crippen LogP contribution in [0.4, 0.5) is 4.39 Å². The van der Waals surface area contributed by atoms with E-state index < -0.39 is 15.8 Å². The summed E-state index contributed by atoms with van der Waals surface area (Å²) in [4.78, 5) is -0.107. The summed E-state index contributed by atoms with van der Waals surface area (Å²) in [5, 5.41) is 0. The van der Waals surface area contributed by atoms with Gasteiger partial charge in [0.1, 0.15) is 0 Å². The smallest absolute Gasteiger partial charge is 0.243 e. The number of methoxy groups -OCH3 is 1. The highest BCUT2D eigenvalue weighted by atomic mass is 32.2. The largest absolute Gasteiger partial charge is 0.494 e. The van der Waals surface area contributed by atoms with Crippen molar-refractivity contribution in [2.45, 2.75) is 24.0 Å². The SMILES string of the molecule is COc1ccc(S(=O)(=O)N(C)CC2Cc3ccccc3CO2)cc1F. The number of halogens is 1. The molecule has 0 spiro atoms. The highest BCUT2D eigenvalue weighted by molar-refractivity contribution is 7.89. The third kappa shape index (κ3) is 3.68. The van der Waals surface area contributed by atoms with Gasteiger partial charge < -0.3 is 9.47 Å². The van der Waals surface area contributed by atoms with Crippen LogP contribution >= 0.6 is 0 Å². The zero-order valence-electron chi connectivity index (χ0n) is 14.1. The van der Waals surface area contributed by atoms with Crippen molar-refractivity contribution in [3.63, 3.8) is 0 Å². The van der Waals surface area contributed by atoms with Crippen LogP contribution in [0.15, 0.2) is 47.4 Å². The van der Waals surface area contributed by atoms with Crippen molar-refractivity contribution in [3.8, 4) is 5.75 Å². The van der Waals surface area contributed by atoms with Crippen molar-refractivity contribution >= 4 is 10.0 Å². The van der Waals surface area contributed by atoms with E-state index in [4.69, 9.17) is 9.47 Å². The van der Waals surface area contributed by atoms with Crippen LogP contribution in [-0.2, 0) is 27.8 Å². The first kappa shape index (κ1) is 17.8. The Hall–Kier alpha value is -1.96. The minimum absolute atomic E-state index is 0.00817. The van der Waals surface area contributed by atoms with Crippen molar-refractivity contribution in [2.24, 2.45) is 0 Å². The van der Waals surface area contributed by atoms with E-state index >= 15 is 0 Å². The van der Waals surface area contributed by atoms with Gasteiger partial charge in [0.2, 0.25) is 10.0 Å². The van der Waals surface area contributed by atoms with E-state index in [1.807, 2.05) is 24.3 Å². The number of hydrogen-bond acceptors (Lipinski definition) is 4. The Kier molecular flexibility index (Phi) is 5.08. The first-order valence-corrected chi connectivity index (χ1v) is 9.34. The van der Waals surface area contributed by atoms with E-state index in [-0.39, 0.29) is 23.3 Å². The normalized spacial score (nSPS) is 17.4. The van der Waals surface area contributed by atoms with Crippen LogP contribution in [0.3, 0.4) is 0 Å². The van der Waals surface area contributed by atoms with Crippen LogP contribution in [0.1, 0.15) is 11.1 Å². The molecule has 0 N–H and O–H groups in total. The maximum atomic E-state index is 13.8. The predicted octanol–water partition coefficient (Wildman–Crippen LogP) is 2.60. The second kappa shape index (κ2) is 7.11. The van der Waals surface area contributed by atoms with E-state index in [2.05, 4.69) is 0 Å². The monoisotopic (exact) mass is 365 g/mol. The second-order valence-corrected chi connectivity index (χ2v) is 8.03. The Morgan fingerprint density at radius 3 is 2.64 bits per heavy atom. The molecule has 1 atom stereocenters. The molecule has 25 heavy (non-hydrogen) atoms. The average molecular weight is 365 g/mol. The second-order valence-electron chi connectivity index (χ2n) is 5.99. The van der Waals surface area contributed by atoms with Crippen molar-refractivity contribution < 1.29 is 22.3 Å². The van der Waals surface area contributed by atoms with E-state index in [0.717, 1.165) is 11.6 Å². The molecule has 1 aliphatic heterocycles.